The number of likely N-dealkylation sites (tertiary alicyclic amines) is 1. The van der Waals surface area contributed by atoms with Crippen LogP contribution in [0.2, 0.25) is 0 Å². The van der Waals surface area contributed by atoms with Gasteiger partial charge in [-0.2, -0.15) is 26.7 Å². The van der Waals surface area contributed by atoms with Gasteiger partial charge in [0.05, 0.1) is 11.0 Å². The molecule has 0 radical (unpaired) electrons. The van der Waals surface area contributed by atoms with E-state index in [4.69, 9.17) is 20.4 Å². The second-order valence-electron chi connectivity index (χ2n) is 12.8. The molecule has 15 heteroatoms. The number of carbonyl (C=O) groups excluding carboxylic acids is 1. The number of carboxylic acids is 1. The van der Waals surface area contributed by atoms with Gasteiger partial charge in [-0.25, -0.2) is 13.2 Å². The van der Waals surface area contributed by atoms with Crippen LogP contribution in [-0.4, -0.2) is 67.8 Å². The van der Waals surface area contributed by atoms with Crippen molar-refractivity contribution in [2.75, 3.05) is 13.1 Å². The number of nitrogens with zero attached hydrogens (tertiary/aromatic N) is 1. The van der Waals surface area contributed by atoms with E-state index < -0.39 is 45.6 Å². The Morgan fingerprint density at radius 1 is 0.808 bits per heavy atom. The Morgan fingerprint density at radius 2 is 1.40 bits per heavy atom. The minimum Gasteiger partial charge on any atom is -0.490 e. The predicted octanol–water partition coefficient (Wildman–Crippen LogP) is 6.85. The third kappa shape index (κ3) is 9.43. The maximum Gasteiger partial charge on any atom is 0.490 e. The van der Waals surface area contributed by atoms with Crippen molar-refractivity contribution in [3.63, 3.8) is 0 Å². The molecule has 9 nitrogen and oxygen atoms in total. The molecule has 1 unspecified atom stereocenters. The standard InChI is InChI=1S/C35H37F2N3O4S.C2HF3O2/c36-35(37,28-10-6-9-25(21-28)24-7-2-1-3-8-24)33(34(41)40-19-17-29(38)18-20-40)39-45(42,43)32-16-14-26-22-31(15-13-27(26)23-32)44-30-11-4-5-12-30;3-2(4,5)1(6)7/h1-3,6-10,13-16,21-23,29-30,33,39H,4-5,11-12,17-20,38H2;(H,6,7). The summed E-state index contributed by atoms with van der Waals surface area (Å²) in [6.45, 7) is 0.333. The van der Waals surface area contributed by atoms with E-state index in [-0.39, 0.29) is 30.1 Å². The van der Waals surface area contributed by atoms with Gasteiger partial charge in [0.25, 0.3) is 5.92 Å². The predicted molar refractivity (Wildman–Crippen MR) is 184 cm³/mol. The van der Waals surface area contributed by atoms with E-state index in [1.54, 1.807) is 48.5 Å². The summed E-state index contributed by atoms with van der Waals surface area (Å²) in [5, 5.41) is 8.48. The number of hydrogen-bond donors (Lipinski definition) is 3. The largest absolute Gasteiger partial charge is 0.490 e. The number of sulfonamides is 1. The number of piperidine rings is 1. The van der Waals surface area contributed by atoms with Gasteiger partial charge in [-0.1, -0.05) is 60.7 Å². The SMILES string of the molecule is NC1CCN(C(=O)C(NS(=O)(=O)c2ccc3cc(OC4CCCC4)ccc3c2)C(F)(F)c2cccc(-c3ccccc3)c2)CC1.O=C(O)C(F)(F)F. The number of amides is 1. The van der Waals surface area contributed by atoms with Crippen LogP contribution in [0.15, 0.2) is 95.9 Å². The summed E-state index contributed by atoms with van der Waals surface area (Å²) < 4.78 is 100. The molecular weight excluding hydrogens is 709 g/mol. The summed E-state index contributed by atoms with van der Waals surface area (Å²) in [6, 6.07) is 22.0. The fourth-order valence-corrected chi connectivity index (χ4v) is 7.37. The van der Waals surface area contributed by atoms with Crippen molar-refractivity contribution in [1.82, 2.24) is 9.62 Å². The van der Waals surface area contributed by atoms with Crippen LogP contribution in [0, 0.1) is 0 Å². The smallest absolute Gasteiger partial charge is 0.490 e. The van der Waals surface area contributed by atoms with Crippen molar-refractivity contribution in [2.24, 2.45) is 5.73 Å². The number of aliphatic carboxylic acids is 1. The van der Waals surface area contributed by atoms with Crippen LogP contribution in [0.5, 0.6) is 5.75 Å². The number of benzene rings is 4. The lowest BCUT2D eigenvalue weighted by atomic mass is 9.95. The Kier molecular flexibility index (Phi) is 11.9. The molecule has 1 aliphatic heterocycles. The van der Waals surface area contributed by atoms with E-state index in [0.717, 1.165) is 36.6 Å². The van der Waals surface area contributed by atoms with Gasteiger partial charge >= 0.3 is 12.1 Å². The van der Waals surface area contributed by atoms with Gasteiger partial charge in [0, 0.05) is 24.7 Å². The van der Waals surface area contributed by atoms with Crippen molar-refractivity contribution in [3.8, 4) is 16.9 Å². The lowest BCUT2D eigenvalue weighted by molar-refractivity contribution is -0.192. The average Bonchev–Trinajstić information content (AvgIpc) is 3.64. The number of nitrogens with one attached hydrogen (secondary N) is 1. The first-order chi connectivity index (χ1) is 24.5. The lowest BCUT2D eigenvalue weighted by Gasteiger charge is -2.35. The van der Waals surface area contributed by atoms with E-state index in [0.29, 0.717) is 29.5 Å². The number of carboxylic acid groups (broad SMARTS) is 1. The Morgan fingerprint density at radius 3 is 2.04 bits per heavy atom. The highest BCUT2D eigenvalue weighted by Crippen LogP contribution is 2.37. The molecule has 4 aromatic rings. The zero-order valence-corrected chi connectivity index (χ0v) is 28.7. The van der Waals surface area contributed by atoms with Gasteiger partial charge < -0.3 is 20.5 Å². The van der Waals surface area contributed by atoms with E-state index in [9.17, 15) is 26.4 Å². The summed E-state index contributed by atoms with van der Waals surface area (Å²) in [6.07, 6.45) is 0.261. The summed E-state index contributed by atoms with van der Waals surface area (Å²) in [4.78, 5) is 23.7. The molecule has 52 heavy (non-hydrogen) atoms. The molecule has 278 valence electrons. The van der Waals surface area contributed by atoms with E-state index in [1.165, 1.54) is 35.2 Å². The molecule has 0 bridgehead atoms. The van der Waals surface area contributed by atoms with Gasteiger partial charge in [-0.3, -0.25) is 4.79 Å². The summed E-state index contributed by atoms with van der Waals surface area (Å²) in [5.41, 5.74) is 6.77. The second-order valence-corrected chi connectivity index (χ2v) is 14.5. The molecular formula is C37H38F5N3O6S. The Bertz CT molecular complexity index is 1980. The van der Waals surface area contributed by atoms with Crippen LogP contribution >= 0.6 is 0 Å². The van der Waals surface area contributed by atoms with Crippen molar-refractivity contribution in [3.05, 3.63) is 96.6 Å². The zero-order chi connectivity index (χ0) is 37.7. The number of hydrogen-bond acceptors (Lipinski definition) is 6. The molecule has 4 N–H and O–H groups in total. The summed E-state index contributed by atoms with van der Waals surface area (Å²) in [7, 11) is -4.56. The van der Waals surface area contributed by atoms with Gasteiger partial charge in [0.2, 0.25) is 15.9 Å². The van der Waals surface area contributed by atoms with Gasteiger partial charge in [0.15, 0.2) is 6.04 Å². The van der Waals surface area contributed by atoms with Gasteiger partial charge in [-0.05, 0) is 90.8 Å². The number of ether oxygens (including phenoxy) is 1. The van der Waals surface area contributed by atoms with Gasteiger partial charge in [0.1, 0.15) is 5.75 Å². The monoisotopic (exact) mass is 747 g/mol. The quantitative estimate of drug-likeness (QED) is 0.159. The minimum absolute atomic E-state index is 0.145. The molecule has 1 atom stereocenters. The van der Waals surface area contributed by atoms with Crippen LogP contribution in [0.25, 0.3) is 21.9 Å². The number of carbonyl (C=O) groups is 2. The summed E-state index contributed by atoms with van der Waals surface area (Å²) in [5.74, 6) is -6.92. The molecule has 1 saturated heterocycles. The first kappa shape index (κ1) is 38.6. The number of nitrogens with two attached hydrogens (primary N) is 1. The van der Waals surface area contributed by atoms with E-state index >= 15 is 8.78 Å². The highest BCUT2D eigenvalue weighted by molar-refractivity contribution is 7.89. The molecule has 1 saturated carbocycles. The van der Waals surface area contributed by atoms with Crippen LogP contribution in [0.3, 0.4) is 0 Å². The maximum absolute atomic E-state index is 16.5. The van der Waals surface area contributed by atoms with E-state index in [2.05, 4.69) is 4.72 Å². The van der Waals surface area contributed by atoms with Crippen LogP contribution in [-0.2, 0) is 25.5 Å². The molecule has 2 fully saturated rings. The first-order valence-electron chi connectivity index (χ1n) is 16.7. The molecule has 0 aromatic heterocycles. The maximum atomic E-state index is 16.5. The average molecular weight is 748 g/mol. The van der Waals surface area contributed by atoms with Crippen molar-refractivity contribution in [2.45, 2.75) is 73.7 Å². The molecule has 6 rings (SSSR count). The molecule has 1 amide bonds. The number of rotatable bonds is 9. The molecule has 1 heterocycles. The first-order valence-corrected chi connectivity index (χ1v) is 18.1. The zero-order valence-electron chi connectivity index (χ0n) is 27.9. The summed E-state index contributed by atoms with van der Waals surface area (Å²) >= 11 is 0. The van der Waals surface area contributed by atoms with Crippen molar-refractivity contribution >= 4 is 32.7 Å². The Labute approximate surface area is 297 Å². The Hall–Kier alpha value is -4.60. The molecule has 4 aromatic carbocycles. The van der Waals surface area contributed by atoms with Crippen LogP contribution in [0.1, 0.15) is 44.1 Å². The fourth-order valence-electron chi connectivity index (χ4n) is 6.15. The third-order valence-electron chi connectivity index (χ3n) is 9.03. The van der Waals surface area contributed by atoms with Crippen LogP contribution in [0.4, 0.5) is 22.0 Å². The third-order valence-corrected chi connectivity index (χ3v) is 10.4. The molecule has 1 aliphatic carbocycles. The normalized spacial score (nSPS) is 16.6. The fraction of sp³-hybridized carbons (Fsp3) is 0.351. The second kappa shape index (κ2) is 16.0. The highest BCUT2D eigenvalue weighted by Gasteiger charge is 2.50. The van der Waals surface area contributed by atoms with Gasteiger partial charge in [-0.15, -0.1) is 0 Å². The van der Waals surface area contributed by atoms with Crippen molar-refractivity contribution < 1.29 is 49.8 Å². The van der Waals surface area contributed by atoms with Crippen molar-refractivity contribution in [1.29, 1.82) is 0 Å². The van der Waals surface area contributed by atoms with E-state index in [1.807, 2.05) is 12.1 Å². The number of alkyl halides is 5. The molecule has 0 spiro atoms. The number of halogens is 5. The topological polar surface area (TPSA) is 139 Å². The minimum atomic E-state index is -5.08. The highest BCUT2D eigenvalue weighted by atomic mass is 32.2. The lowest BCUT2D eigenvalue weighted by Crippen LogP contribution is -2.58. The van der Waals surface area contributed by atoms with Crippen LogP contribution < -0.4 is 15.2 Å². The molecule has 2 aliphatic rings. The number of fused-ring (bicyclic) bond motifs is 1. The Balaban J connectivity index is 0.000000679.